The third kappa shape index (κ3) is 6.16. The van der Waals surface area contributed by atoms with E-state index in [0.717, 1.165) is 0 Å². The van der Waals surface area contributed by atoms with Gasteiger partial charge in [0.25, 0.3) is 0 Å². The molecule has 25 heavy (non-hydrogen) atoms. The Morgan fingerprint density at radius 2 is 1.96 bits per heavy atom. The molecule has 0 aliphatic heterocycles. The smallest absolute Gasteiger partial charge is 0.343 e. The topological polar surface area (TPSA) is 73.6 Å². The lowest BCUT2D eigenvalue weighted by molar-refractivity contribution is 0.0524. The zero-order chi connectivity index (χ0) is 19.4. The summed E-state index contributed by atoms with van der Waals surface area (Å²) in [6, 6.07) is 0. The highest BCUT2D eigenvalue weighted by Crippen LogP contribution is 2.36. The third-order valence-electron chi connectivity index (χ3n) is 4.44. The van der Waals surface area contributed by atoms with Crippen LogP contribution in [0.4, 0.5) is 0 Å². The lowest BCUT2D eigenvalue weighted by Gasteiger charge is -2.36. The van der Waals surface area contributed by atoms with Crippen molar-refractivity contribution in [2.24, 2.45) is 0 Å². The van der Waals surface area contributed by atoms with Crippen molar-refractivity contribution in [1.82, 2.24) is 9.78 Å². The van der Waals surface area contributed by atoms with E-state index in [0.29, 0.717) is 40.9 Å². The summed E-state index contributed by atoms with van der Waals surface area (Å²) in [5.74, 6) is -0.436. The summed E-state index contributed by atoms with van der Waals surface area (Å²) >= 11 is 6.66. The summed E-state index contributed by atoms with van der Waals surface area (Å²) < 4.78 is 13.6. The number of aryl methyl sites for hydroxylation is 1. The van der Waals surface area contributed by atoms with Gasteiger partial charge in [0.1, 0.15) is 14.8 Å². The average molecular weight is 500 g/mol. The number of hydrogen-bond donors (Lipinski definition) is 1. The number of halogens is 2. The van der Waals surface area contributed by atoms with Gasteiger partial charge >= 0.3 is 5.97 Å². The molecule has 1 atom stereocenters. The number of aliphatic hydroxyl groups is 1. The number of ether oxygens (including phenoxy) is 1. The monoisotopic (exact) mass is 498 g/mol. The minimum absolute atomic E-state index is 0.108. The Balaban J connectivity index is 2.64. The molecule has 0 aliphatic rings. The highest BCUT2D eigenvalue weighted by Gasteiger charge is 2.37. The summed E-state index contributed by atoms with van der Waals surface area (Å²) in [5.41, 5.74) is 0.355. The molecule has 9 heteroatoms. The molecule has 0 amide bonds. The van der Waals surface area contributed by atoms with Gasteiger partial charge in [-0.2, -0.15) is 5.10 Å². The zero-order valence-corrected chi connectivity index (χ0v) is 19.9. The van der Waals surface area contributed by atoms with Gasteiger partial charge in [-0.25, -0.2) is 4.79 Å². The maximum absolute atomic E-state index is 11.9. The van der Waals surface area contributed by atoms with Crippen molar-refractivity contribution < 1.29 is 19.1 Å². The van der Waals surface area contributed by atoms with E-state index in [1.54, 1.807) is 11.6 Å². The van der Waals surface area contributed by atoms with E-state index in [1.807, 2.05) is 0 Å². The Bertz CT molecular complexity index is 600. The normalized spacial score (nSPS) is 13.8. The highest BCUT2D eigenvalue weighted by atomic mass is 79.9. The van der Waals surface area contributed by atoms with Crippen LogP contribution < -0.4 is 0 Å². The summed E-state index contributed by atoms with van der Waals surface area (Å²) in [6.07, 6.45) is -0.112. The molecule has 0 saturated carbocycles. The molecule has 1 aromatic heterocycles. The first kappa shape index (κ1) is 22.8. The molecule has 0 radical (unpaired) electrons. The van der Waals surface area contributed by atoms with Crippen molar-refractivity contribution in [1.29, 1.82) is 0 Å². The van der Waals surface area contributed by atoms with Crippen molar-refractivity contribution in [3.8, 4) is 0 Å². The van der Waals surface area contributed by atoms with Gasteiger partial charge in [0.2, 0.25) is 0 Å². The van der Waals surface area contributed by atoms with Gasteiger partial charge in [-0.15, -0.1) is 0 Å². The molecule has 144 valence electrons. The van der Waals surface area contributed by atoms with Crippen LogP contribution in [0.25, 0.3) is 0 Å². The van der Waals surface area contributed by atoms with Crippen LogP contribution in [0, 0.1) is 0 Å². The summed E-state index contributed by atoms with van der Waals surface area (Å²) in [7, 11) is -1.88. The standard InChI is InChI=1S/C16H28Br2N2O4Si/c1-7-23-15(22)12-13(17)19-20(14(12)18)9-8-11(21)10-24-25(5,6)16(2,3)4/h11,21H,7-10H2,1-6H3. The first-order valence-corrected chi connectivity index (χ1v) is 12.8. The van der Waals surface area contributed by atoms with Crippen LogP contribution in [0.5, 0.6) is 0 Å². The first-order chi connectivity index (χ1) is 11.4. The Kier molecular flexibility index (Phi) is 8.32. The maximum Gasteiger partial charge on any atom is 0.343 e. The minimum Gasteiger partial charge on any atom is -0.462 e. The zero-order valence-electron chi connectivity index (χ0n) is 15.7. The van der Waals surface area contributed by atoms with Crippen LogP contribution in [0.2, 0.25) is 18.1 Å². The van der Waals surface area contributed by atoms with E-state index in [-0.39, 0.29) is 5.04 Å². The van der Waals surface area contributed by atoms with E-state index in [1.165, 1.54) is 0 Å². The van der Waals surface area contributed by atoms with Crippen LogP contribution in [0.15, 0.2) is 9.21 Å². The van der Waals surface area contributed by atoms with Gasteiger partial charge in [0.15, 0.2) is 8.32 Å². The van der Waals surface area contributed by atoms with Crippen molar-refractivity contribution in [3.63, 3.8) is 0 Å². The molecule has 0 aliphatic carbocycles. The van der Waals surface area contributed by atoms with Crippen LogP contribution in [0.1, 0.15) is 44.5 Å². The van der Waals surface area contributed by atoms with Gasteiger partial charge in [-0.1, -0.05) is 20.8 Å². The molecule has 1 unspecified atom stereocenters. The fraction of sp³-hybridized carbons (Fsp3) is 0.750. The summed E-state index contributed by atoms with van der Waals surface area (Å²) in [4.78, 5) is 11.9. The fourth-order valence-corrected chi connectivity index (χ4v) is 4.27. The molecule has 1 aromatic rings. The number of carbonyl (C=O) groups excluding carboxylic acids is 1. The van der Waals surface area contributed by atoms with Gasteiger partial charge in [0.05, 0.1) is 19.3 Å². The fourth-order valence-electron chi connectivity index (χ4n) is 1.81. The second-order valence-electron chi connectivity index (χ2n) is 7.41. The third-order valence-corrected chi connectivity index (χ3v) is 10.3. The SMILES string of the molecule is CCOC(=O)c1c(Br)nn(CCC(O)CO[Si](C)(C)C(C)(C)C)c1Br. The molecule has 0 saturated heterocycles. The van der Waals surface area contributed by atoms with Gasteiger partial charge in [-0.3, -0.25) is 4.68 Å². The Hall–Kier alpha value is -0.223. The summed E-state index contributed by atoms with van der Waals surface area (Å²) in [6.45, 7) is 13.6. The molecule has 0 fully saturated rings. The van der Waals surface area contributed by atoms with Crippen molar-refractivity contribution in [2.75, 3.05) is 13.2 Å². The van der Waals surface area contributed by atoms with Crippen molar-refractivity contribution >= 4 is 46.1 Å². The quantitative estimate of drug-likeness (QED) is 0.425. The molecule has 6 nitrogen and oxygen atoms in total. The predicted octanol–water partition coefficient (Wildman–Crippen LogP) is 4.36. The Morgan fingerprint density at radius 3 is 2.48 bits per heavy atom. The molecule has 1 heterocycles. The molecular formula is C16H28Br2N2O4Si. The van der Waals surface area contributed by atoms with Gasteiger partial charge in [-0.05, 0) is 63.3 Å². The van der Waals surface area contributed by atoms with Crippen LogP contribution in [0.3, 0.4) is 0 Å². The highest BCUT2D eigenvalue weighted by molar-refractivity contribution is 9.11. The predicted molar refractivity (Wildman–Crippen MR) is 107 cm³/mol. The largest absolute Gasteiger partial charge is 0.462 e. The number of hydrogen-bond acceptors (Lipinski definition) is 5. The molecule has 1 rings (SSSR count). The number of nitrogens with zero attached hydrogens (tertiary/aromatic N) is 2. The molecule has 0 bridgehead atoms. The van der Waals surface area contributed by atoms with E-state index >= 15 is 0 Å². The Labute approximate surface area is 167 Å². The maximum atomic E-state index is 11.9. The van der Waals surface area contributed by atoms with E-state index in [9.17, 15) is 9.90 Å². The Morgan fingerprint density at radius 1 is 1.36 bits per heavy atom. The van der Waals surface area contributed by atoms with Gasteiger partial charge in [0, 0.05) is 6.54 Å². The average Bonchev–Trinajstić information content (AvgIpc) is 2.76. The molecule has 0 aromatic carbocycles. The second kappa shape index (κ2) is 9.12. The summed E-state index contributed by atoms with van der Waals surface area (Å²) in [5, 5.41) is 14.6. The second-order valence-corrected chi connectivity index (χ2v) is 13.7. The van der Waals surface area contributed by atoms with Crippen molar-refractivity contribution in [3.05, 3.63) is 14.8 Å². The number of aromatic nitrogens is 2. The number of aliphatic hydroxyl groups excluding tert-OH is 1. The van der Waals surface area contributed by atoms with Crippen LogP contribution in [-0.2, 0) is 15.7 Å². The lowest BCUT2D eigenvalue weighted by Crippen LogP contribution is -2.42. The van der Waals surface area contributed by atoms with Crippen molar-refractivity contribution in [2.45, 2.75) is 64.9 Å². The van der Waals surface area contributed by atoms with Crippen LogP contribution >= 0.6 is 31.9 Å². The molecular weight excluding hydrogens is 472 g/mol. The van der Waals surface area contributed by atoms with E-state index < -0.39 is 20.4 Å². The molecule has 1 N–H and O–H groups in total. The molecule has 0 spiro atoms. The van der Waals surface area contributed by atoms with E-state index in [4.69, 9.17) is 9.16 Å². The number of carbonyl (C=O) groups is 1. The van der Waals surface area contributed by atoms with Gasteiger partial charge < -0.3 is 14.3 Å². The van der Waals surface area contributed by atoms with Crippen LogP contribution in [-0.4, -0.2) is 48.5 Å². The minimum atomic E-state index is -1.88. The first-order valence-electron chi connectivity index (χ1n) is 8.31. The van der Waals surface area contributed by atoms with E-state index in [2.05, 4.69) is 70.8 Å². The lowest BCUT2D eigenvalue weighted by atomic mass is 10.2. The number of rotatable bonds is 8. The number of esters is 1.